The van der Waals surface area contributed by atoms with Gasteiger partial charge in [0.1, 0.15) is 11.1 Å². The molecule has 0 heterocycles. The van der Waals surface area contributed by atoms with Crippen molar-refractivity contribution in [2.45, 2.75) is 12.4 Å². The molecule has 0 aliphatic rings. The molecule has 1 aromatic carbocycles. The third kappa shape index (κ3) is 2.23. The number of hydrogen-bond acceptors (Lipinski definition) is 0. The minimum absolute atomic E-state index is 2.96. The molecule has 0 aromatic heterocycles. The average molecular weight is 286 g/mol. The first kappa shape index (κ1) is 14.6. The van der Waals surface area contributed by atoms with E-state index in [1.54, 1.807) is 0 Å². The topological polar surface area (TPSA) is 0 Å². The summed E-state index contributed by atoms with van der Waals surface area (Å²) in [7, 11) is 0. The van der Waals surface area contributed by atoms with E-state index in [-0.39, 0.29) is 0 Å². The molecule has 102 valence electrons. The number of halogens is 10. The molecule has 0 aliphatic heterocycles. The quantitative estimate of drug-likeness (QED) is 0.379. The summed E-state index contributed by atoms with van der Waals surface area (Å²) < 4.78 is 123. The summed E-state index contributed by atoms with van der Waals surface area (Å²) in [6.45, 7) is 0. The molecule has 0 nitrogen and oxygen atoms in total. The lowest BCUT2D eigenvalue weighted by Crippen LogP contribution is -2.23. The van der Waals surface area contributed by atoms with Gasteiger partial charge in [-0.1, -0.05) is 0 Å². The molecule has 0 spiro atoms. The van der Waals surface area contributed by atoms with Gasteiger partial charge in [-0.15, -0.1) is 0 Å². The fourth-order valence-electron chi connectivity index (χ4n) is 1.16. The molecule has 0 N–H and O–H groups in total. The van der Waals surface area contributed by atoms with Crippen LogP contribution in [0.1, 0.15) is 11.1 Å². The SMILES string of the molecule is Fc1c(F)c(F)c(C(F)(F)F)c(C(F)(F)F)c1F. The highest BCUT2D eigenvalue weighted by Gasteiger charge is 2.50. The van der Waals surface area contributed by atoms with Crippen LogP contribution in [0, 0.1) is 23.3 Å². The van der Waals surface area contributed by atoms with Crippen molar-refractivity contribution in [2.75, 3.05) is 0 Å². The van der Waals surface area contributed by atoms with Crippen LogP contribution in [0.4, 0.5) is 43.9 Å². The molecule has 18 heavy (non-hydrogen) atoms. The molecule has 10 heteroatoms. The second-order valence-electron chi connectivity index (χ2n) is 3.00. The van der Waals surface area contributed by atoms with Gasteiger partial charge in [-0.2, -0.15) is 26.3 Å². The first-order valence-electron chi connectivity index (χ1n) is 3.89. The molecule has 0 aliphatic carbocycles. The van der Waals surface area contributed by atoms with Crippen molar-refractivity contribution in [1.29, 1.82) is 0 Å². The maximum atomic E-state index is 12.7. The van der Waals surface area contributed by atoms with E-state index in [4.69, 9.17) is 0 Å². The molecule has 0 fully saturated rings. The van der Waals surface area contributed by atoms with Gasteiger partial charge >= 0.3 is 12.4 Å². The van der Waals surface area contributed by atoms with Crippen LogP contribution in [0.2, 0.25) is 0 Å². The molecule has 0 saturated heterocycles. The van der Waals surface area contributed by atoms with Crippen molar-refractivity contribution >= 4 is 0 Å². The van der Waals surface area contributed by atoms with Crippen molar-refractivity contribution in [1.82, 2.24) is 0 Å². The Labute approximate surface area is 91.8 Å². The van der Waals surface area contributed by atoms with Gasteiger partial charge in [0, 0.05) is 0 Å². The summed E-state index contributed by atoms with van der Waals surface area (Å²) in [4.78, 5) is 0. The minimum atomic E-state index is -6.04. The highest BCUT2D eigenvalue weighted by atomic mass is 19.4. The Hall–Kier alpha value is -1.48. The van der Waals surface area contributed by atoms with Crippen LogP contribution in [-0.4, -0.2) is 0 Å². The first-order chi connectivity index (χ1) is 7.89. The summed E-state index contributed by atoms with van der Waals surface area (Å²) in [5.74, 6) is -12.2. The van der Waals surface area contributed by atoms with E-state index in [2.05, 4.69) is 0 Å². The van der Waals surface area contributed by atoms with Crippen LogP contribution >= 0.6 is 0 Å². The fraction of sp³-hybridized carbons (Fsp3) is 0.250. The fourth-order valence-corrected chi connectivity index (χ4v) is 1.16. The Morgan fingerprint density at radius 1 is 0.444 bits per heavy atom. The van der Waals surface area contributed by atoms with Crippen LogP contribution in [0.5, 0.6) is 0 Å². The maximum absolute atomic E-state index is 12.7. The molecule has 0 bridgehead atoms. The van der Waals surface area contributed by atoms with Gasteiger partial charge in [0.15, 0.2) is 23.3 Å². The van der Waals surface area contributed by atoms with E-state index < -0.39 is 46.7 Å². The Kier molecular flexibility index (Phi) is 3.26. The third-order valence-electron chi connectivity index (χ3n) is 1.83. The van der Waals surface area contributed by atoms with Crippen LogP contribution in [0.15, 0.2) is 0 Å². The van der Waals surface area contributed by atoms with Gasteiger partial charge in [0.05, 0.1) is 0 Å². The molecule has 1 rings (SSSR count). The zero-order chi connectivity index (χ0) is 14.5. The minimum Gasteiger partial charge on any atom is -0.203 e. The van der Waals surface area contributed by atoms with Gasteiger partial charge in [-0.05, 0) is 0 Å². The van der Waals surface area contributed by atoms with Crippen LogP contribution in [0.25, 0.3) is 0 Å². The van der Waals surface area contributed by atoms with Gasteiger partial charge in [0.25, 0.3) is 0 Å². The zero-order valence-corrected chi connectivity index (χ0v) is 7.78. The van der Waals surface area contributed by atoms with Gasteiger partial charge in [0.2, 0.25) is 0 Å². The summed E-state index contributed by atoms with van der Waals surface area (Å²) in [5, 5.41) is 0. The smallest absolute Gasteiger partial charge is 0.203 e. The number of hydrogen-bond donors (Lipinski definition) is 0. The van der Waals surface area contributed by atoms with Crippen molar-refractivity contribution in [3.05, 3.63) is 34.4 Å². The first-order valence-corrected chi connectivity index (χ1v) is 3.89. The highest BCUT2D eigenvalue weighted by Crippen LogP contribution is 2.44. The van der Waals surface area contributed by atoms with Crippen LogP contribution in [0.3, 0.4) is 0 Å². The molecule has 0 saturated carbocycles. The van der Waals surface area contributed by atoms with Gasteiger partial charge in [-0.3, -0.25) is 0 Å². The normalized spacial score (nSPS) is 13.0. The molecular weight excluding hydrogens is 286 g/mol. The summed E-state index contributed by atoms with van der Waals surface area (Å²) in [6, 6.07) is 0. The monoisotopic (exact) mass is 286 g/mol. The lowest BCUT2D eigenvalue weighted by Gasteiger charge is -2.17. The van der Waals surface area contributed by atoms with Gasteiger partial charge < -0.3 is 0 Å². The van der Waals surface area contributed by atoms with E-state index in [9.17, 15) is 43.9 Å². The van der Waals surface area contributed by atoms with Crippen molar-refractivity contribution < 1.29 is 43.9 Å². The standard InChI is InChI=1S/C8F10/c9-3-1(7(13,14)15)2(8(16,17)18)4(10)6(12)5(3)11. The van der Waals surface area contributed by atoms with E-state index in [0.717, 1.165) is 0 Å². The average Bonchev–Trinajstić information content (AvgIpc) is 2.16. The third-order valence-corrected chi connectivity index (χ3v) is 1.83. The van der Waals surface area contributed by atoms with Crippen molar-refractivity contribution in [2.24, 2.45) is 0 Å². The predicted octanol–water partition coefficient (Wildman–Crippen LogP) is 4.28. The Morgan fingerprint density at radius 3 is 0.833 bits per heavy atom. The largest absolute Gasteiger partial charge is 0.420 e. The van der Waals surface area contributed by atoms with Gasteiger partial charge in [-0.25, -0.2) is 17.6 Å². The Bertz CT molecular complexity index is 435. The Morgan fingerprint density at radius 2 is 0.667 bits per heavy atom. The lowest BCUT2D eigenvalue weighted by molar-refractivity contribution is -0.166. The predicted molar refractivity (Wildman–Crippen MR) is 36.3 cm³/mol. The number of benzene rings is 1. The molecule has 0 amide bonds. The second kappa shape index (κ2) is 4.02. The van der Waals surface area contributed by atoms with Crippen LogP contribution in [-0.2, 0) is 12.4 Å². The van der Waals surface area contributed by atoms with Crippen LogP contribution < -0.4 is 0 Å². The summed E-state index contributed by atoms with van der Waals surface area (Å²) in [6.07, 6.45) is -12.1. The lowest BCUT2D eigenvalue weighted by atomic mass is 10.0. The van der Waals surface area contributed by atoms with E-state index >= 15 is 0 Å². The number of alkyl halides is 6. The molecular formula is C8F10. The maximum Gasteiger partial charge on any atom is 0.420 e. The summed E-state index contributed by atoms with van der Waals surface area (Å²) >= 11 is 0. The summed E-state index contributed by atoms with van der Waals surface area (Å²) in [5.41, 5.74) is -6.46. The van der Waals surface area contributed by atoms with Crippen molar-refractivity contribution in [3.8, 4) is 0 Å². The molecule has 0 unspecified atom stereocenters. The van der Waals surface area contributed by atoms with Crippen molar-refractivity contribution in [3.63, 3.8) is 0 Å². The molecule has 0 radical (unpaired) electrons. The molecule has 1 aromatic rings. The Balaban J connectivity index is 3.89. The van der Waals surface area contributed by atoms with E-state index in [0.29, 0.717) is 0 Å². The van der Waals surface area contributed by atoms with E-state index in [1.165, 1.54) is 0 Å². The molecule has 0 atom stereocenters. The van der Waals surface area contributed by atoms with E-state index in [1.807, 2.05) is 0 Å². The second-order valence-corrected chi connectivity index (χ2v) is 3.00. The number of rotatable bonds is 0. The zero-order valence-electron chi connectivity index (χ0n) is 7.78. The highest BCUT2D eigenvalue weighted by molar-refractivity contribution is 5.36.